The van der Waals surface area contributed by atoms with E-state index in [2.05, 4.69) is 6.58 Å². The predicted octanol–water partition coefficient (Wildman–Crippen LogP) is 2.48. The molecule has 2 rings (SSSR count). The fourth-order valence-corrected chi connectivity index (χ4v) is 1.32. The highest BCUT2D eigenvalue weighted by Crippen LogP contribution is 2.30. The van der Waals surface area contributed by atoms with Crippen LogP contribution in [-0.4, -0.2) is 5.97 Å². The Morgan fingerprint density at radius 2 is 2.08 bits per heavy atom. The first kappa shape index (κ1) is 7.37. The number of halogens is 1. The van der Waals surface area contributed by atoms with Gasteiger partial charge in [0, 0.05) is 10.6 Å². The molecule has 0 radical (unpaired) electrons. The van der Waals surface area contributed by atoms with Crippen LogP contribution in [0.2, 0.25) is 5.02 Å². The zero-order valence-electron chi connectivity index (χ0n) is 6.13. The van der Waals surface area contributed by atoms with Crippen LogP contribution in [0.5, 0.6) is 0 Å². The number of esters is 1. The van der Waals surface area contributed by atoms with E-state index in [1.165, 1.54) is 0 Å². The number of hydrogen-bond acceptors (Lipinski definition) is 2. The minimum Gasteiger partial charge on any atom is -0.423 e. The molecule has 1 aromatic rings. The van der Waals surface area contributed by atoms with Gasteiger partial charge in [-0.15, -0.1) is 0 Å². The number of carbonyl (C=O) groups is 1. The predicted molar refractivity (Wildman–Crippen MR) is 45.9 cm³/mol. The van der Waals surface area contributed by atoms with Gasteiger partial charge < -0.3 is 4.74 Å². The van der Waals surface area contributed by atoms with Crippen molar-refractivity contribution in [3.8, 4) is 0 Å². The Labute approximate surface area is 74.4 Å². The minimum atomic E-state index is -0.355. The Bertz CT molecular complexity index is 382. The Morgan fingerprint density at radius 3 is 2.83 bits per heavy atom. The van der Waals surface area contributed by atoms with Crippen molar-refractivity contribution in [2.24, 2.45) is 0 Å². The lowest BCUT2D eigenvalue weighted by atomic mass is 10.1. The maximum Gasteiger partial charge on any atom is 0.344 e. The van der Waals surface area contributed by atoms with Crippen molar-refractivity contribution >= 4 is 23.3 Å². The van der Waals surface area contributed by atoms with Gasteiger partial charge >= 0.3 is 5.97 Å². The normalized spacial score (nSPS) is 14.4. The summed E-state index contributed by atoms with van der Waals surface area (Å²) in [5, 5.41) is 0.577. The molecule has 0 saturated heterocycles. The lowest BCUT2D eigenvalue weighted by Gasteiger charge is -1.93. The molecule has 1 aliphatic rings. The Hall–Kier alpha value is -1.28. The number of rotatable bonds is 0. The van der Waals surface area contributed by atoms with Crippen LogP contribution >= 0.6 is 11.6 Å². The number of benzene rings is 1. The summed E-state index contributed by atoms with van der Waals surface area (Å²) in [6, 6.07) is 4.96. The van der Waals surface area contributed by atoms with Gasteiger partial charge in [-0.25, -0.2) is 4.79 Å². The van der Waals surface area contributed by atoms with E-state index in [0.29, 0.717) is 21.9 Å². The first-order valence-corrected chi connectivity index (χ1v) is 3.77. The highest BCUT2D eigenvalue weighted by atomic mass is 35.5. The van der Waals surface area contributed by atoms with E-state index in [1.807, 2.05) is 0 Å². The van der Waals surface area contributed by atoms with Crippen molar-refractivity contribution < 1.29 is 9.53 Å². The second-order valence-corrected chi connectivity index (χ2v) is 2.94. The molecule has 60 valence electrons. The van der Waals surface area contributed by atoms with E-state index in [-0.39, 0.29) is 5.97 Å². The topological polar surface area (TPSA) is 26.3 Å². The number of carbonyl (C=O) groups excluding carboxylic acids is 1. The van der Waals surface area contributed by atoms with Crippen molar-refractivity contribution in [2.75, 3.05) is 0 Å². The van der Waals surface area contributed by atoms with Crippen LogP contribution in [0.1, 0.15) is 15.9 Å². The summed E-state index contributed by atoms with van der Waals surface area (Å²) in [6.45, 7) is 3.59. The summed E-state index contributed by atoms with van der Waals surface area (Å²) < 4.78 is 4.79. The summed E-state index contributed by atoms with van der Waals surface area (Å²) >= 11 is 5.73. The number of cyclic esters (lactones) is 1. The van der Waals surface area contributed by atoms with Crippen molar-refractivity contribution in [3.05, 3.63) is 40.9 Å². The second kappa shape index (κ2) is 2.35. The molecule has 0 bridgehead atoms. The molecule has 1 heterocycles. The molecule has 0 fully saturated rings. The number of ether oxygens (including phenoxy) is 1. The first-order chi connectivity index (χ1) is 5.68. The monoisotopic (exact) mass is 180 g/mol. The third-order valence-electron chi connectivity index (χ3n) is 1.72. The molecule has 0 saturated carbocycles. The van der Waals surface area contributed by atoms with Crippen LogP contribution in [0.15, 0.2) is 24.8 Å². The molecule has 3 heteroatoms. The number of hydrogen-bond donors (Lipinski definition) is 0. The van der Waals surface area contributed by atoms with Crippen LogP contribution in [0.4, 0.5) is 0 Å². The fourth-order valence-electron chi connectivity index (χ4n) is 1.15. The maximum absolute atomic E-state index is 11.1. The van der Waals surface area contributed by atoms with Crippen LogP contribution < -0.4 is 0 Å². The van der Waals surface area contributed by atoms with E-state index < -0.39 is 0 Å². The quantitative estimate of drug-likeness (QED) is 0.574. The SMILES string of the molecule is C=C1OC(=O)c2ccc(Cl)cc21. The molecule has 0 atom stereocenters. The van der Waals surface area contributed by atoms with Crippen LogP contribution in [-0.2, 0) is 4.74 Å². The van der Waals surface area contributed by atoms with Gasteiger partial charge in [0.15, 0.2) is 0 Å². The van der Waals surface area contributed by atoms with Gasteiger partial charge in [-0.3, -0.25) is 0 Å². The van der Waals surface area contributed by atoms with Gasteiger partial charge in [0.25, 0.3) is 0 Å². The fraction of sp³-hybridized carbons (Fsp3) is 0. The standard InChI is InChI=1S/C9H5ClO2/c1-5-8-4-6(10)2-3-7(8)9(11)12-5/h2-4H,1H2. The van der Waals surface area contributed by atoms with Crippen LogP contribution in [0.3, 0.4) is 0 Å². The molecule has 0 amide bonds. The van der Waals surface area contributed by atoms with E-state index in [0.717, 1.165) is 0 Å². The number of fused-ring (bicyclic) bond motifs is 1. The van der Waals surface area contributed by atoms with Gasteiger partial charge in [-0.1, -0.05) is 18.2 Å². The van der Waals surface area contributed by atoms with Crippen LogP contribution in [0.25, 0.3) is 5.76 Å². The highest BCUT2D eigenvalue weighted by Gasteiger charge is 2.24. The van der Waals surface area contributed by atoms with E-state index in [4.69, 9.17) is 16.3 Å². The van der Waals surface area contributed by atoms with E-state index in [9.17, 15) is 4.79 Å². The Morgan fingerprint density at radius 1 is 1.33 bits per heavy atom. The molecule has 0 N–H and O–H groups in total. The smallest absolute Gasteiger partial charge is 0.344 e. The van der Waals surface area contributed by atoms with Gasteiger partial charge in [-0.05, 0) is 18.2 Å². The van der Waals surface area contributed by atoms with Crippen LogP contribution in [0, 0.1) is 0 Å². The molecule has 0 aromatic heterocycles. The van der Waals surface area contributed by atoms with Gasteiger partial charge in [0.05, 0.1) is 5.56 Å². The third kappa shape index (κ3) is 0.924. The summed E-state index contributed by atoms with van der Waals surface area (Å²) in [4.78, 5) is 11.1. The maximum atomic E-state index is 11.1. The first-order valence-electron chi connectivity index (χ1n) is 3.39. The molecule has 2 nitrogen and oxygen atoms in total. The summed E-state index contributed by atoms with van der Waals surface area (Å²) in [6.07, 6.45) is 0. The molecule has 0 spiro atoms. The Kier molecular flexibility index (Phi) is 1.45. The lowest BCUT2D eigenvalue weighted by molar-refractivity contribution is 0.0716. The lowest BCUT2D eigenvalue weighted by Crippen LogP contribution is -1.92. The molecule has 0 unspecified atom stereocenters. The largest absolute Gasteiger partial charge is 0.423 e. The van der Waals surface area contributed by atoms with Crippen molar-refractivity contribution in [1.29, 1.82) is 0 Å². The third-order valence-corrected chi connectivity index (χ3v) is 1.95. The molecule has 0 aliphatic carbocycles. The zero-order chi connectivity index (χ0) is 8.72. The summed E-state index contributed by atoms with van der Waals surface area (Å²) in [5.41, 5.74) is 1.22. The molecule has 1 aromatic carbocycles. The van der Waals surface area contributed by atoms with Crippen molar-refractivity contribution in [1.82, 2.24) is 0 Å². The van der Waals surface area contributed by atoms with Gasteiger partial charge in [-0.2, -0.15) is 0 Å². The van der Waals surface area contributed by atoms with Gasteiger partial charge in [0.2, 0.25) is 0 Å². The van der Waals surface area contributed by atoms with E-state index in [1.54, 1.807) is 18.2 Å². The average molecular weight is 181 g/mol. The molecule has 12 heavy (non-hydrogen) atoms. The summed E-state index contributed by atoms with van der Waals surface area (Å²) in [7, 11) is 0. The molecular weight excluding hydrogens is 176 g/mol. The van der Waals surface area contributed by atoms with E-state index >= 15 is 0 Å². The Balaban J connectivity index is 2.68. The summed E-state index contributed by atoms with van der Waals surface area (Å²) in [5.74, 6) is 0.0177. The zero-order valence-corrected chi connectivity index (χ0v) is 6.89. The highest BCUT2D eigenvalue weighted by molar-refractivity contribution is 6.31. The molecule has 1 aliphatic heterocycles. The average Bonchev–Trinajstić information content (AvgIpc) is 2.28. The van der Waals surface area contributed by atoms with Crippen molar-refractivity contribution in [3.63, 3.8) is 0 Å². The second-order valence-electron chi connectivity index (χ2n) is 2.50. The minimum absolute atomic E-state index is 0.355. The van der Waals surface area contributed by atoms with Crippen molar-refractivity contribution in [2.45, 2.75) is 0 Å². The molecular formula is C9H5ClO2. The van der Waals surface area contributed by atoms with Gasteiger partial charge in [0.1, 0.15) is 5.76 Å².